The van der Waals surface area contributed by atoms with Gasteiger partial charge >= 0.3 is 0 Å². The van der Waals surface area contributed by atoms with Crippen LogP contribution in [0.25, 0.3) is 0 Å². The third-order valence-corrected chi connectivity index (χ3v) is 3.92. The highest BCUT2D eigenvalue weighted by Crippen LogP contribution is 2.36. The zero-order chi connectivity index (χ0) is 13.2. The normalized spacial score (nSPS) is 17.4. The zero-order valence-corrected chi connectivity index (χ0v) is 11.3. The Morgan fingerprint density at radius 3 is 2.67 bits per heavy atom. The molecule has 6 nitrogen and oxygen atoms in total. The van der Waals surface area contributed by atoms with Gasteiger partial charge in [0.15, 0.2) is 0 Å². The second kappa shape index (κ2) is 5.07. The van der Waals surface area contributed by atoms with Gasteiger partial charge in [-0.25, -0.2) is 10.8 Å². The number of hydrogen-bond acceptors (Lipinski definition) is 6. The molecule has 0 radical (unpaired) electrons. The van der Waals surface area contributed by atoms with Crippen LogP contribution >= 0.6 is 0 Å². The molecular weight excluding hydrogens is 228 g/mol. The molecule has 1 aromatic rings. The van der Waals surface area contributed by atoms with E-state index in [4.69, 9.17) is 5.84 Å². The predicted octanol–water partition coefficient (Wildman–Crippen LogP) is 0.967. The Hall–Kier alpha value is -1.40. The number of nitrogen functional groups attached to an aromatic ring is 1. The second-order valence-electron chi connectivity index (χ2n) is 5.20. The van der Waals surface area contributed by atoms with Crippen LogP contribution in [-0.4, -0.2) is 41.0 Å². The van der Waals surface area contributed by atoms with Gasteiger partial charge in [0.1, 0.15) is 5.82 Å². The Morgan fingerprint density at radius 2 is 2.17 bits per heavy atom. The van der Waals surface area contributed by atoms with E-state index in [1.807, 2.05) is 6.92 Å². The van der Waals surface area contributed by atoms with Crippen LogP contribution in [0.15, 0.2) is 6.20 Å². The van der Waals surface area contributed by atoms with E-state index in [9.17, 15) is 0 Å². The highest BCUT2D eigenvalue weighted by atomic mass is 15.3. The first-order valence-electron chi connectivity index (χ1n) is 6.29. The number of nitrogens with one attached hydrogen (secondary N) is 2. The van der Waals surface area contributed by atoms with Crippen LogP contribution in [0, 0.1) is 6.92 Å². The molecule has 1 aliphatic rings. The van der Waals surface area contributed by atoms with Crippen molar-refractivity contribution in [2.45, 2.75) is 31.7 Å². The number of anilines is 2. The summed E-state index contributed by atoms with van der Waals surface area (Å²) < 4.78 is 0. The van der Waals surface area contributed by atoms with Gasteiger partial charge in [0, 0.05) is 23.8 Å². The topological polar surface area (TPSA) is 79.1 Å². The van der Waals surface area contributed by atoms with Crippen LogP contribution in [0.5, 0.6) is 0 Å². The number of nitrogens with two attached hydrogens (primary N) is 1. The molecule has 1 fully saturated rings. The molecule has 0 aromatic carbocycles. The lowest BCUT2D eigenvalue weighted by Crippen LogP contribution is -2.54. The van der Waals surface area contributed by atoms with Gasteiger partial charge in [0.25, 0.3) is 0 Å². The van der Waals surface area contributed by atoms with E-state index in [-0.39, 0.29) is 5.54 Å². The summed E-state index contributed by atoms with van der Waals surface area (Å²) in [5.41, 5.74) is 3.77. The summed E-state index contributed by atoms with van der Waals surface area (Å²) in [7, 11) is 4.28. The molecule has 18 heavy (non-hydrogen) atoms. The van der Waals surface area contributed by atoms with Crippen molar-refractivity contribution in [3.63, 3.8) is 0 Å². The van der Waals surface area contributed by atoms with E-state index in [0.717, 1.165) is 17.9 Å². The lowest BCUT2D eigenvalue weighted by molar-refractivity contribution is 0.0738. The summed E-state index contributed by atoms with van der Waals surface area (Å²) in [4.78, 5) is 10.7. The Kier molecular flexibility index (Phi) is 3.68. The SMILES string of the molecule is Cc1cnc(NN)nc1NCC1(N(C)C)CCC1. The van der Waals surface area contributed by atoms with Crippen LogP contribution in [0.1, 0.15) is 24.8 Å². The third-order valence-electron chi connectivity index (χ3n) is 3.92. The molecule has 6 heteroatoms. The summed E-state index contributed by atoms with van der Waals surface area (Å²) in [6, 6.07) is 0. The van der Waals surface area contributed by atoms with E-state index in [1.165, 1.54) is 19.3 Å². The molecule has 0 spiro atoms. The highest BCUT2D eigenvalue weighted by molar-refractivity contribution is 5.46. The number of rotatable bonds is 5. The Labute approximate surface area is 108 Å². The minimum atomic E-state index is 0.272. The summed E-state index contributed by atoms with van der Waals surface area (Å²) in [6.07, 6.45) is 5.55. The van der Waals surface area contributed by atoms with Crippen LogP contribution in [0.4, 0.5) is 11.8 Å². The lowest BCUT2D eigenvalue weighted by atomic mass is 9.75. The summed E-state index contributed by atoms with van der Waals surface area (Å²) in [5.74, 6) is 6.62. The summed E-state index contributed by atoms with van der Waals surface area (Å²) in [5, 5.41) is 3.42. The third kappa shape index (κ3) is 2.39. The first-order chi connectivity index (χ1) is 8.57. The molecule has 0 bridgehead atoms. The van der Waals surface area contributed by atoms with Crippen molar-refractivity contribution < 1.29 is 0 Å². The molecule has 1 aliphatic carbocycles. The molecule has 2 rings (SSSR count). The fourth-order valence-electron chi connectivity index (χ4n) is 2.31. The van der Waals surface area contributed by atoms with Gasteiger partial charge in [-0.1, -0.05) is 0 Å². The quantitative estimate of drug-likeness (QED) is 0.534. The molecule has 1 saturated carbocycles. The maximum atomic E-state index is 5.33. The maximum Gasteiger partial charge on any atom is 0.239 e. The first-order valence-corrected chi connectivity index (χ1v) is 6.29. The van der Waals surface area contributed by atoms with E-state index in [1.54, 1.807) is 6.20 Å². The second-order valence-corrected chi connectivity index (χ2v) is 5.20. The van der Waals surface area contributed by atoms with Crippen molar-refractivity contribution in [3.05, 3.63) is 11.8 Å². The smallest absolute Gasteiger partial charge is 0.239 e. The number of aryl methyl sites for hydroxylation is 1. The van der Waals surface area contributed by atoms with Gasteiger partial charge < -0.3 is 10.2 Å². The number of hydrogen-bond donors (Lipinski definition) is 3. The fraction of sp³-hybridized carbons (Fsp3) is 0.667. The minimum Gasteiger partial charge on any atom is -0.368 e. The maximum absolute atomic E-state index is 5.33. The van der Waals surface area contributed by atoms with E-state index in [2.05, 4.69) is 39.7 Å². The van der Waals surface area contributed by atoms with Gasteiger partial charge in [-0.3, -0.25) is 5.43 Å². The molecule has 4 N–H and O–H groups in total. The molecule has 100 valence electrons. The summed E-state index contributed by atoms with van der Waals surface area (Å²) in [6.45, 7) is 2.90. The van der Waals surface area contributed by atoms with Crippen LogP contribution in [-0.2, 0) is 0 Å². The van der Waals surface area contributed by atoms with Crippen molar-refractivity contribution >= 4 is 11.8 Å². The van der Waals surface area contributed by atoms with Gasteiger partial charge in [-0.15, -0.1) is 0 Å². The average Bonchev–Trinajstić information content (AvgIpc) is 2.29. The van der Waals surface area contributed by atoms with Crippen molar-refractivity contribution in [1.82, 2.24) is 14.9 Å². The Bertz CT molecular complexity index is 413. The van der Waals surface area contributed by atoms with Gasteiger partial charge in [0.2, 0.25) is 5.95 Å². The van der Waals surface area contributed by atoms with Crippen LogP contribution < -0.4 is 16.6 Å². The first kappa shape index (κ1) is 13.0. The monoisotopic (exact) mass is 250 g/mol. The van der Waals surface area contributed by atoms with Crippen molar-refractivity contribution in [2.75, 3.05) is 31.4 Å². The number of likely N-dealkylation sites (N-methyl/N-ethyl adjacent to an activating group) is 1. The molecular formula is C12H22N6. The molecule has 0 saturated heterocycles. The molecule has 1 heterocycles. The fourth-order valence-corrected chi connectivity index (χ4v) is 2.31. The van der Waals surface area contributed by atoms with Gasteiger partial charge in [-0.05, 0) is 40.3 Å². The number of aromatic nitrogens is 2. The van der Waals surface area contributed by atoms with Crippen LogP contribution in [0.3, 0.4) is 0 Å². The highest BCUT2D eigenvalue weighted by Gasteiger charge is 2.38. The molecule has 0 amide bonds. The van der Waals surface area contributed by atoms with E-state index < -0.39 is 0 Å². The Balaban J connectivity index is 2.05. The molecule has 0 unspecified atom stereocenters. The average molecular weight is 250 g/mol. The van der Waals surface area contributed by atoms with E-state index >= 15 is 0 Å². The summed E-state index contributed by atoms with van der Waals surface area (Å²) >= 11 is 0. The Morgan fingerprint density at radius 1 is 1.44 bits per heavy atom. The number of hydrazine groups is 1. The standard InChI is InChI=1S/C12H22N6/c1-9-7-14-11(17-13)16-10(9)15-8-12(18(2)3)5-4-6-12/h7H,4-6,8,13H2,1-3H3,(H2,14,15,16,17). The molecule has 0 aliphatic heterocycles. The van der Waals surface area contributed by atoms with Gasteiger partial charge in [0.05, 0.1) is 0 Å². The van der Waals surface area contributed by atoms with Crippen molar-refractivity contribution in [2.24, 2.45) is 5.84 Å². The zero-order valence-electron chi connectivity index (χ0n) is 11.3. The van der Waals surface area contributed by atoms with Crippen molar-refractivity contribution in [1.29, 1.82) is 0 Å². The predicted molar refractivity (Wildman–Crippen MR) is 73.3 cm³/mol. The van der Waals surface area contributed by atoms with Crippen LogP contribution in [0.2, 0.25) is 0 Å². The van der Waals surface area contributed by atoms with Crippen molar-refractivity contribution in [3.8, 4) is 0 Å². The van der Waals surface area contributed by atoms with Gasteiger partial charge in [-0.2, -0.15) is 4.98 Å². The molecule has 0 atom stereocenters. The number of nitrogens with zero attached hydrogens (tertiary/aromatic N) is 3. The largest absolute Gasteiger partial charge is 0.368 e. The minimum absolute atomic E-state index is 0.272. The lowest BCUT2D eigenvalue weighted by Gasteiger charge is -2.47. The van der Waals surface area contributed by atoms with E-state index in [0.29, 0.717) is 5.95 Å². The molecule has 1 aromatic heterocycles.